The Hall–Kier alpha value is -1.12. The van der Waals surface area contributed by atoms with E-state index in [1.807, 2.05) is 0 Å². The van der Waals surface area contributed by atoms with E-state index in [-0.39, 0.29) is 5.60 Å². The predicted molar refractivity (Wildman–Crippen MR) is 217 cm³/mol. The highest BCUT2D eigenvalue weighted by atomic mass is 16.5. The van der Waals surface area contributed by atoms with Crippen molar-refractivity contribution >= 4 is 0 Å². The van der Waals surface area contributed by atoms with E-state index in [1.54, 1.807) is 0 Å². The number of likely N-dealkylation sites (N-methyl/N-ethyl adjacent to an activating group) is 1. The molecule has 1 fully saturated rings. The van der Waals surface area contributed by atoms with Gasteiger partial charge in [-0.05, 0) is 109 Å². The topological polar surface area (TPSA) is 12.5 Å². The van der Waals surface area contributed by atoms with Crippen LogP contribution in [0.3, 0.4) is 0 Å². The largest absolute Gasteiger partial charge is 0.370 e. The van der Waals surface area contributed by atoms with Crippen LogP contribution in [-0.4, -0.2) is 36.2 Å². The van der Waals surface area contributed by atoms with Crippen LogP contribution in [0.4, 0.5) is 0 Å². The van der Waals surface area contributed by atoms with Crippen molar-refractivity contribution in [2.45, 2.75) is 220 Å². The van der Waals surface area contributed by atoms with E-state index in [9.17, 15) is 0 Å². The van der Waals surface area contributed by atoms with Crippen molar-refractivity contribution in [3.63, 3.8) is 0 Å². The summed E-state index contributed by atoms with van der Waals surface area (Å²) >= 11 is 0. The van der Waals surface area contributed by atoms with Gasteiger partial charge in [-0.3, -0.25) is 0 Å². The third kappa shape index (κ3) is 26.7. The van der Waals surface area contributed by atoms with Crippen molar-refractivity contribution in [1.29, 1.82) is 0 Å². The summed E-state index contributed by atoms with van der Waals surface area (Å²) in [5, 5.41) is 0. The van der Waals surface area contributed by atoms with Gasteiger partial charge in [-0.15, -0.1) is 0 Å². The van der Waals surface area contributed by atoms with Crippen LogP contribution in [0.5, 0.6) is 0 Å². The zero-order chi connectivity index (χ0) is 34.8. The third-order valence-corrected chi connectivity index (χ3v) is 10.7. The fraction of sp³-hybridized carbons (Fsp3) is 0.826. The first kappa shape index (κ1) is 44.9. The quantitative estimate of drug-likeness (QED) is 0.0510. The molecule has 0 N–H and O–H groups in total. The fourth-order valence-corrected chi connectivity index (χ4v) is 7.12. The molecule has 1 aliphatic rings. The highest BCUT2D eigenvalue weighted by Gasteiger charge is 2.33. The Labute approximate surface area is 302 Å². The Morgan fingerprint density at radius 1 is 0.542 bits per heavy atom. The number of rotatable bonds is 33. The molecule has 0 amide bonds. The van der Waals surface area contributed by atoms with Gasteiger partial charge >= 0.3 is 0 Å². The first-order valence-corrected chi connectivity index (χ1v) is 21.5. The summed E-state index contributed by atoms with van der Waals surface area (Å²) in [6.07, 6.45) is 54.7. The number of hydrogen-bond donors (Lipinski definition) is 0. The summed E-state index contributed by atoms with van der Waals surface area (Å²) in [6, 6.07) is 0. The minimum Gasteiger partial charge on any atom is -0.370 e. The number of nitrogens with zero attached hydrogens (tertiary/aromatic N) is 1. The summed E-state index contributed by atoms with van der Waals surface area (Å²) in [5.41, 5.74) is 0.0418. The second kappa shape index (κ2) is 33.0. The molecule has 0 aromatic carbocycles. The monoisotopic (exact) mass is 668 g/mol. The highest BCUT2D eigenvalue weighted by molar-refractivity contribution is 4.93. The first-order valence-electron chi connectivity index (χ1n) is 21.5. The van der Waals surface area contributed by atoms with Crippen LogP contribution in [0.1, 0.15) is 208 Å². The van der Waals surface area contributed by atoms with Crippen molar-refractivity contribution < 1.29 is 4.74 Å². The zero-order valence-corrected chi connectivity index (χ0v) is 33.3. The summed E-state index contributed by atoms with van der Waals surface area (Å²) in [5.74, 6) is 0.679. The van der Waals surface area contributed by atoms with Crippen molar-refractivity contribution in [3.05, 3.63) is 48.6 Å². The number of likely N-dealkylation sites (tertiary alicyclic amines) is 1. The van der Waals surface area contributed by atoms with Crippen LogP contribution < -0.4 is 0 Å². The first-order chi connectivity index (χ1) is 23.5. The molecule has 2 heteroatoms. The lowest BCUT2D eigenvalue weighted by Crippen LogP contribution is -2.48. The van der Waals surface area contributed by atoms with E-state index < -0.39 is 0 Å². The van der Waals surface area contributed by atoms with Gasteiger partial charge in [-0.25, -0.2) is 0 Å². The van der Waals surface area contributed by atoms with Gasteiger partial charge in [0, 0.05) is 6.54 Å². The number of unbranched alkanes of at least 4 members (excludes halogenated alkanes) is 18. The van der Waals surface area contributed by atoms with E-state index in [0.29, 0.717) is 12.0 Å². The molecule has 0 bridgehead atoms. The molecule has 0 spiro atoms. The van der Waals surface area contributed by atoms with Gasteiger partial charge in [0.15, 0.2) is 0 Å². The fourth-order valence-electron chi connectivity index (χ4n) is 7.12. The molecular formula is C46H85NO. The van der Waals surface area contributed by atoms with Crippen LogP contribution in [0.15, 0.2) is 48.6 Å². The molecule has 0 aromatic rings. The Kier molecular flexibility index (Phi) is 30.9. The number of ether oxygens (including phenoxy) is 1. The number of piperidine rings is 1. The molecular weight excluding hydrogens is 583 g/mol. The Bertz CT molecular complexity index is 746. The minimum atomic E-state index is 0.0418. The molecule has 0 unspecified atom stereocenters. The molecule has 48 heavy (non-hydrogen) atoms. The maximum absolute atomic E-state index is 7.11. The zero-order valence-electron chi connectivity index (χ0n) is 33.3. The van der Waals surface area contributed by atoms with Crippen LogP contribution in [0.2, 0.25) is 0 Å². The Balaban J connectivity index is 2.26. The van der Waals surface area contributed by atoms with E-state index in [0.717, 1.165) is 25.9 Å². The van der Waals surface area contributed by atoms with Gasteiger partial charge in [-0.2, -0.15) is 0 Å². The van der Waals surface area contributed by atoms with Crippen molar-refractivity contribution in [3.8, 4) is 0 Å². The highest BCUT2D eigenvalue weighted by Crippen LogP contribution is 2.32. The lowest BCUT2D eigenvalue weighted by atomic mass is 9.89. The van der Waals surface area contributed by atoms with Crippen LogP contribution in [-0.2, 0) is 4.74 Å². The van der Waals surface area contributed by atoms with Crippen LogP contribution in [0.25, 0.3) is 0 Å². The second-order valence-electron chi connectivity index (χ2n) is 15.4. The smallest absolute Gasteiger partial charge is 0.0735 e. The number of hydrogen-bond acceptors (Lipinski definition) is 2. The van der Waals surface area contributed by atoms with Gasteiger partial charge < -0.3 is 9.64 Å². The molecule has 280 valence electrons. The summed E-state index contributed by atoms with van der Waals surface area (Å²) < 4.78 is 7.11. The lowest BCUT2D eigenvalue weighted by molar-refractivity contribution is -0.133. The molecule has 1 saturated heterocycles. The van der Waals surface area contributed by atoms with Gasteiger partial charge in [-0.1, -0.05) is 166 Å². The maximum Gasteiger partial charge on any atom is 0.0735 e. The van der Waals surface area contributed by atoms with Gasteiger partial charge in [0.1, 0.15) is 0 Å². The van der Waals surface area contributed by atoms with E-state index in [2.05, 4.69) is 88.1 Å². The summed E-state index contributed by atoms with van der Waals surface area (Å²) in [7, 11) is 0. The van der Waals surface area contributed by atoms with Crippen LogP contribution >= 0.6 is 0 Å². The molecule has 1 heterocycles. The molecule has 0 radical (unpaired) electrons. The van der Waals surface area contributed by atoms with Gasteiger partial charge in [0.05, 0.1) is 11.7 Å². The molecule has 0 saturated carbocycles. The van der Waals surface area contributed by atoms with E-state index in [4.69, 9.17) is 4.74 Å². The Morgan fingerprint density at radius 2 is 0.938 bits per heavy atom. The molecule has 2 nitrogen and oxygen atoms in total. The van der Waals surface area contributed by atoms with Crippen molar-refractivity contribution in [1.82, 2.24) is 4.90 Å². The molecule has 0 aromatic heterocycles. The minimum absolute atomic E-state index is 0.0418. The SMILES string of the molecule is CCCCC/C=C\C/C=C\CCCCCCCCC(C)(CCCCCCCC/C=C\C/C=C\CCCCC)O[C@H]1CN(CC)CC[C@@H]1C. The summed E-state index contributed by atoms with van der Waals surface area (Å²) in [6.45, 7) is 15.3. The standard InChI is InChI=1S/C46H85NO/c1-6-9-11-13-15-17-19-21-23-25-27-29-31-33-35-37-40-46(5,48-45-43-47(8-3)42-39-44(45)4)41-38-36-34-32-30-28-26-24-22-20-18-16-14-12-10-7-2/h15-18,21-24,44-45H,6-14,19-20,25-43H2,1-5H3/b17-15-,18-16-,23-21-,24-22-/t44-,45-/m0/s1. The van der Waals surface area contributed by atoms with Crippen molar-refractivity contribution in [2.24, 2.45) is 5.92 Å². The molecule has 1 aliphatic heterocycles. The van der Waals surface area contributed by atoms with E-state index >= 15 is 0 Å². The lowest BCUT2D eigenvalue weighted by Gasteiger charge is -2.42. The molecule has 1 rings (SSSR count). The maximum atomic E-state index is 7.11. The van der Waals surface area contributed by atoms with Gasteiger partial charge in [0.2, 0.25) is 0 Å². The van der Waals surface area contributed by atoms with Crippen molar-refractivity contribution in [2.75, 3.05) is 19.6 Å². The normalized spacial score (nSPS) is 18.1. The Morgan fingerprint density at radius 3 is 1.35 bits per heavy atom. The third-order valence-electron chi connectivity index (χ3n) is 10.7. The van der Waals surface area contributed by atoms with Crippen LogP contribution in [0, 0.1) is 5.92 Å². The average molecular weight is 668 g/mol. The van der Waals surface area contributed by atoms with E-state index in [1.165, 1.54) is 167 Å². The molecule has 0 aliphatic carbocycles. The average Bonchev–Trinajstić information content (AvgIpc) is 3.09. The molecule has 2 atom stereocenters. The summed E-state index contributed by atoms with van der Waals surface area (Å²) in [4.78, 5) is 2.60. The number of allylic oxidation sites excluding steroid dienone is 8. The van der Waals surface area contributed by atoms with Gasteiger partial charge in [0.25, 0.3) is 0 Å². The predicted octanol–water partition coefficient (Wildman–Crippen LogP) is 14.9. The second-order valence-corrected chi connectivity index (χ2v) is 15.4.